The summed E-state index contributed by atoms with van der Waals surface area (Å²) >= 11 is 0. The quantitative estimate of drug-likeness (QED) is 0.798. The van der Waals surface area contributed by atoms with Gasteiger partial charge in [0.1, 0.15) is 11.4 Å². The lowest BCUT2D eigenvalue weighted by atomic mass is 10.0. The Balaban J connectivity index is 2.00. The van der Waals surface area contributed by atoms with Crippen LogP contribution in [0.2, 0.25) is 0 Å². The number of piperidine rings is 1. The second kappa shape index (κ2) is 4.72. The summed E-state index contributed by atoms with van der Waals surface area (Å²) in [5, 5.41) is 16.9. The van der Waals surface area contributed by atoms with E-state index >= 15 is 0 Å². The van der Waals surface area contributed by atoms with Gasteiger partial charge >= 0.3 is 0 Å². The molecule has 0 amide bonds. The Morgan fingerprint density at radius 3 is 3.00 bits per heavy atom. The highest BCUT2D eigenvalue weighted by molar-refractivity contribution is 5.04. The van der Waals surface area contributed by atoms with E-state index in [2.05, 4.69) is 19.8 Å². The van der Waals surface area contributed by atoms with E-state index in [1.807, 2.05) is 6.92 Å². The minimum atomic E-state index is 0.227. The van der Waals surface area contributed by atoms with Gasteiger partial charge in [0.25, 0.3) is 0 Å². The molecule has 0 bridgehead atoms. The van der Waals surface area contributed by atoms with Crippen molar-refractivity contribution in [2.45, 2.75) is 38.8 Å². The molecule has 2 heterocycles. The molecule has 2 rings (SSSR count). The Hall–Kier alpha value is -0.940. The first-order valence-corrected chi connectivity index (χ1v) is 5.44. The molecule has 15 heavy (non-hydrogen) atoms. The first kappa shape index (κ1) is 10.6. The molecule has 1 saturated heterocycles. The Kier molecular flexibility index (Phi) is 3.33. The van der Waals surface area contributed by atoms with Crippen molar-refractivity contribution in [3.8, 4) is 0 Å². The summed E-state index contributed by atoms with van der Waals surface area (Å²) in [6.45, 7) is 3.88. The summed E-state index contributed by atoms with van der Waals surface area (Å²) in [6.07, 6.45) is 3.47. The summed E-state index contributed by atoms with van der Waals surface area (Å²) < 4.78 is 4.67. The van der Waals surface area contributed by atoms with Crippen LogP contribution in [0.25, 0.3) is 0 Å². The van der Waals surface area contributed by atoms with E-state index in [-0.39, 0.29) is 12.6 Å². The maximum Gasteiger partial charge on any atom is 0.122 e. The van der Waals surface area contributed by atoms with Crippen molar-refractivity contribution < 1.29 is 9.74 Å². The maximum absolute atomic E-state index is 9.26. The predicted molar refractivity (Wildman–Crippen MR) is 54.2 cm³/mol. The zero-order chi connectivity index (χ0) is 10.7. The second-order valence-corrected chi connectivity index (χ2v) is 4.10. The van der Waals surface area contributed by atoms with Crippen molar-refractivity contribution in [3.63, 3.8) is 0 Å². The van der Waals surface area contributed by atoms with Crippen LogP contribution in [0.4, 0.5) is 0 Å². The third kappa shape index (κ3) is 2.35. The minimum absolute atomic E-state index is 0.227. The molecule has 1 fully saturated rings. The lowest BCUT2D eigenvalue weighted by Gasteiger charge is -2.33. The molecule has 0 aliphatic carbocycles. The van der Waals surface area contributed by atoms with Crippen molar-refractivity contribution in [3.05, 3.63) is 11.4 Å². The largest absolute Gasteiger partial charge is 0.395 e. The number of aryl methyl sites for hydroxylation is 1. The highest BCUT2D eigenvalue weighted by Crippen LogP contribution is 2.19. The monoisotopic (exact) mass is 211 g/mol. The lowest BCUT2D eigenvalue weighted by Crippen LogP contribution is -2.41. The minimum Gasteiger partial charge on any atom is -0.395 e. The van der Waals surface area contributed by atoms with Crippen LogP contribution in [0.3, 0.4) is 0 Å². The number of rotatable bonds is 3. The molecular weight excluding hydrogens is 194 g/mol. The standard InChI is InChI=1S/C10H17N3O2/c1-8-10(12-15-11-8)6-13-5-3-2-4-9(13)7-14/h9,14H,2-7H2,1H3. The Bertz CT molecular complexity index is 313. The Morgan fingerprint density at radius 1 is 1.47 bits per heavy atom. The van der Waals surface area contributed by atoms with Gasteiger partial charge in [-0.2, -0.15) is 0 Å². The van der Waals surface area contributed by atoms with Crippen LogP contribution < -0.4 is 0 Å². The predicted octanol–water partition coefficient (Wildman–Crippen LogP) is 0.725. The van der Waals surface area contributed by atoms with Crippen LogP contribution in [-0.4, -0.2) is 39.5 Å². The number of aliphatic hydroxyl groups is 1. The molecule has 0 spiro atoms. The molecule has 1 aromatic rings. The van der Waals surface area contributed by atoms with Crippen LogP contribution in [0, 0.1) is 6.92 Å². The van der Waals surface area contributed by atoms with Crippen molar-refractivity contribution >= 4 is 0 Å². The van der Waals surface area contributed by atoms with Gasteiger partial charge in [0.2, 0.25) is 0 Å². The van der Waals surface area contributed by atoms with Gasteiger partial charge in [0.15, 0.2) is 0 Å². The maximum atomic E-state index is 9.26. The molecule has 1 N–H and O–H groups in total. The van der Waals surface area contributed by atoms with Crippen LogP contribution in [0.5, 0.6) is 0 Å². The normalized spacial score (nSPS) is 23.2. The Labute approximate surface area is 89.0 Å². The average molecular weight is 211 g/mol. The van der Waals surface area contributed by atoms with E-state index in [1.165, 1.54) is 12.8 Å². The summed E-state index contributed by atoms with van der Waals surface area (Å²) in [4.78, 5) is 2.26. The summed E-state index contributed by atoms with van der Waals surface area (Å²) in [6, 6.07) is 0.273. The zero-order valence-electron chi connectivity index (χ0n) is 9.02. The fourth-order valence-electron chi connectivity index (χ4n) is 2.06. The van der Waals surface area contributed by atoms with Crippen molar-refractivity contribution in [2.24, 2.45) is 0 Å². The van der Waals surface area contributed by atoms with Gasteiger partial charge < -0.3 is 5.11 Å². The highest BCUT2D eigenvalue weighted by Gasteiger charge is 2.23. The topological polar surface area (TPSA) is 62.4 Å². The van der Waals surface area contributed by atoms with Crippen LogP contribution in [-0.2, 0) is 6.54 Å². The van der Waals surface area contributed by atoms with Gasteiger partial charge in [-0.15, -0.1) is 0 Å². The van der Waals surface area contributed by atoms with E-state index < -0.39 is 0 Å². The molecule has 1 aliphatic rings. The number of aliphatic hydroxyl groups excluding tert-OH is 1. The highest BCUT2D eigenvalue weighted by atomic mass is 16.6. The van der Waals surface area contributed by atoms with Crippen molar-refractivity contribution in [1.29, 1.82) is 0 Å². The van der Waals surface area contributed by atoms with Crippen molar-refractivity contribution in [2.75, 3.05) is 13.2 Å². The van der Waals surface area contributed by atoms with Gasteiger partial charge in [0.05, 0.1) is 6.61 Å². The summed E-state index contributed by atoms with van der Waals surface area (Å²) in [5.74, 6) is 0. The zero-order valence-corrected chi connectivity index (χ0v) is 9.02. The number of nitrogens with zero attached hydrogens (tertiary/aromatic N) is 3. The van der Waals surface area contributed by atoms with Gasteiger partial charge in [-0.05, 0) is 26.3 Å². The van der Waals surface area contributed by atoms with Crippen LogP contribution in [0.15, 0.2) is 4.63 Å². The summed E-state index contributed by atoms with van der Waals surface area (Å²) in [5.41, 5.74) is 1.73. The molecule has 1 aromatic heterocycles. The fraction of sp³-hybridized carbons (Fsp3) is 0.800. The third-order valence-corrected chi connectivity index (χ3v) is 3.06. The number of likely N-dealkylation sites (tertiary alicyclic amines) is 1. The van der Waals surface area contributed by atoms with E-state index in [1.54, 1.807) is 0 Å². The molecule has 1 atom stereocenters. The van der Waals surface area contributed by atoms with Gasteiger partial charge in [-0.25, -0.2) is 4.63 Å². The van der Waals surface area contributed by atoms with Crippen LogP contribution >= 0.6 is 0 Å². The Morgan fingerprint density at radius 2 is 2.33 bits per heavy atom. The van der Waals surface area contributed by atoms with Crippen LogP contribution in [0.1, 0.15) is 30.7 Å². The molecular formula is C10H17N3O2. The SMILES string of the molecule is Cc1nonc1CN1CCCCC1CO. The molecule has 5 heteroatoms. The first-order chi connectivity index (χ1) is 7.31. The lowest BCUT2D eigenvalue weighted by molar-refractivity contribution is 0.0819. The molecule has 5 nitrogen and oxygen atoms in total. The number of hydrogen-bond acceptors (Lipinski definition) is 5. The third-order valence-electron chi connectivity index (χ3n) is 3.06. The molecule has 0 radical (unpaired) electrons. The van der Waals surface area contributed by atoms with E-state index in [9.17, 15) is 5.11 Å². The second-order valence-electron chi connectivity index (χ2n) is 4.10. The first-order valence-electron chi connectivity index (χ1n) is 5.44. The van der Waals surface area contributed by atoms with Gasteiger partial charge in [0, 0.05) is 12.6 Å². The molecule has 0 aromatic carbocycles. The smallest absolute Gasteiger partial charge is 0.122 e. The van der Waals surface area contributed by atoms with Gasteiger partial charge in [-0.3, -0.25) is 4.90 Å². The molecule has 84 valence electrons. The van der Waals surface area contributed by atoms with Crippen molar-refractivity contribution in [1.82, 2.24) is 15.2 Å². The number of aromatic nitrogens is 2. The van der Waals surface area contributed by atoms with E-state index in [0.29, 0.717) is 0 Å². The average Bonchev–Trinajstić information content (AvgIpc) is 2.65. The number of hydrogen-bond donors (Lipinski definition) is 1. The van der Waals surface area contributed by atoms with E-state index in [4.69, 9.17) is 0 Å². The molecule has 0 saturated carbocycles. The van der Waals surface area contributed by atoms with E-state index in [0.717, 1.165) is 30.9 Å². The molecule has 1 aliphatic heterocycles. The molecule has 1 unspecified atom stereocenters. The van der Waals surface area contributed by atoms with Gasteiger partial charge in [-0.1, -0.05) is 16.7 Å². The fourth-order valence-corrected chi connectivity index (χ4v) is 2.06. The summed E-state index contributed by atoms with van der Waals surface area (Å²) in [7, 11) is 0.